The van der Waals surface area contributed by atoms with Crippen LogP contribution in [-0.4, -0.2) is 33.3 Å². The Morgan fingerprint density at radius 3 is 2.74 bits per heavy atom. The predicted molar refractivity (Wildman–Crippen MR) is 146 cm³/mol. The Morgan fingerprint density at radius 2 is 1.90 bits per heavy atom. The highest BCUT2D eigenvalue weighted by Crippen LogP contribution is 2.36. The molecule has 6 rings (SSSR count). The molecule has 2 aliphatic rings. The first-order chi connectivity index (χ1) is 18.9. The fourth-order valence-electron chi connectivity index (χ4n) is 4.45. The van der Waals surface area contributed by atoms with Crippen molar-refractivity contribution in [2.75, 3.05) is 12.1 Å². The Kier molecular flexibility index (Phi) is 6.49. The molecule has 4 aromatic rings. The molecule has 0 aliphatic carbocycles. The second-order valence-electron chi connectivity index (χ2n) is 8.85. The molecule has 8 nitrogen and oxygen atoms in total. The van der Waals surface area contributed by atoms with Crippen LogP contribution in [0.5, 0.6) is 11.5 Å². The van der Waals surface area contributed by atoms with E-state index in [9.17, 15) is 18.8 Å². The summed E-state index contributed by atoms with van der Waals surface area (Å²) in [6.45, 7) is 0.0980. The number of rotatable bonds is 6. The van der Waals surface area contributed by atoms with Crippen LogP contribution in [0.15, 0.2) is 71.8 Å². The lowest BCUT2D eigenvalue weighted by Crippen LogP contribution is -2.27. The molecule has 1 saturated heterocycles. The second-order valence-corrected chi connectivity index (χ2v) is 10.2. The van der Waals surface area contributed by atoms with Crippen molar-refractivity contribution in [3.05, 3.63) is 93.7 Å². The van der Waals surface area contributed by atoms with Crippen LogP contribution in [0.1, 0.15) is 11.1 Å². The van der Waals surface area contributed by atoms with Crippen molar-refractivity contribution in [2.45, 2.75) is 13.1 Å². The summed E-state index contributed by atoms with van der Waals surface area (Å²) in [6, 6.07) is 16.5. The molecule has 0 spiro atoms. The molecule has 196 valence electrons. The predicted octanol–water partition coefficient (Wildman–Crippen LogP) is 6.04. The van der Waals surface area contributed by atoms with Crippen molar-refractivity contribution in [1.29, 1.82) is 0 Å². The van der Waals surface area contributed by atoms with E-state index >= 15 is 0 Å². The number of hydrogen-bond donors (Lipinski definition) is 1. The van der Waals surface area contributed by atoms with E-state index in [1.165, 1.54) is 12.1 Å². The third-order valence-electron chi connectivity index (χ3n) is 6.29. The Bertz CT molecular complexity index is 1700. The summed E-state index contributed by atoms with van der Waals surface area (Å²) in [6.07, 6.45) is 3.42. The summed E-state index contributed by atoms with van der Waals surface area (Å²) in [5.41, 5.74) is 2.52. The quantitative estimate of drug-likeness (QED) is 0.288. The summed E-state index contributed by atoms with van der Waals surface area (Å²) in [5.74, 6) is -0.0319. The number of carbonyl (C=O) groups is 3. The smallest absolute Gasteiger partial charge is 0.293 e. The molecule has 0 saturated carbocycles. The monoisotopic (exact) mass is 563 g/mol. The van der Waals surface area contributed by atoms with Crippen LogP contribution in [0.2, 0.25) is 5.02 Å². The maximum absolute atomic E-state index is 13.4. The van der Waals surface area contributed by atoms with Crippen LogP contribution in [0.3, 0.4) is 0 Å². The first-order valence-corrected chi connectivity index (χ1v) is 13.0. The van der Waals surface area contributed by atoms with Crippen LogP contribution in [0.4, 0.5) is 14.9 Å². The van der Waals surface area contributed by atoms with E-state index < -0.39 is 17.0 Å². The summed E-state index contributed by atoms with van der Waals surface area (Å²) in [5, 5.41) is 3.38. The van der Waals surface area contributed by atoms with E-state index in [2.05, 4.69) is 5.32 Å². The van der Waals surface area contributed by atoms with Gasteiger partial charge in [-0.05, 0) is 53.7 Å². The van der Waals surface area contributed by atoms with Gasteiger partial charge in [0.15, 0.2) is 11.5 Å². The highest BCUT2D eigenvalue weighted by Gasteiger charge is 2.35. The highest BCUT2D eigenvalue weighted by atomic mass is 35.5. The van der Waals surface area contributed by atoms with Crippen molar-refractivity contribution >= 4 is 63.1 Å². The van der Waals surface area contributed by atoms with Gasteiger partial charge >= 0.3 is 0 Å². The Balaban J connectivity index is 1.23. The number of ether oxygens (including phenoxy) is 2. The standard InChI is InChI=1S/C28H19ClFN3O5S/c29-21-10-18(30)6-5-16(21)13-33-27(35)25(39-28(33)36)9-17-12-32(22-4-2-1-3-20(17)22)14-26(34)31-19-7-8-23-24(11-19)38-15-37-23/h1-12H,13-15H2,(H,31,34)/b25-9-. The number of halogens is 2. The first kappa shape index (κ1) is 25.0. The minimum absolute atomic E-state index is 0.0212. The molecule has 0 bridgehead atoms. The highest BCUT2D eigenvalue weighted by molar-refractivity contribution is 8.18. The second kappa shape index (κ2) is 10.1. The van der Waals surface area contributed by atoms with E-state index in [-0.39, 0.29) is 35.7 Å². The largest absolute Gasteiger partial charge is 0.454 e. The van der Waals surface area contributed by atoms with Crippen LogP contribution in [0, 0.1) is 5.82 Å². The number of amides is 3. The Morgan fingerprint density at radius 1 is 1.08 bits per heavy atom. The zero-order chi connectivity index (χ0) is 27.1. The van der Waals surface area contributed by atoms with Gasteiger partial charge in [-0.15, -0.1) is 0 Å². The fourth-order valence-corrected chi connectivity index (χ4v) is 5.50. The number of anilines is 1. The van der Waals surface area contributed by atoms with Gasteiger partial charge in [-0.3, -0.25) is 19.3 Å². The van der Waals surface area contributed by atoms with E-state index in [0.29, 0.717) is 28.3 Å². The molecule has 11 heteroatoms. The zero-order valence-electron chi connectivity index (χ0n) is 20.1. The third kappa shape index (κ3) is 4.96. The van der Waals surface area contributed by atoms with Crippen molar-refractivity contribution < 1.29 is 28.2 Å². The number of para-hydroxylation sites is 1. The van der Waals surface area contributed by atoms with Gasteiger partial charge in [-0.2, -0.15) is 0 Å². The van der Waals surface area contributed by atoms with Gasteiger partial charge in [0, 0.05) is 39.4 Å². The molecule has 2 aliphatic heterocycles. The summed E-state index contributed by atoms with van der Waals surface area (Å²) < 4.78 is 25.9. The van der Waals surface area contributed by atoms with Gasteiger partial charge in [0.2, 0.25) is 12.7 Å². The summed E-state index contributed by atoms with van der Waals surface area (Å²) in [4.78, 5) is 40.0. The molecule has 3 aromatic carbocycles. The lowest BCUT2D eigenvalue weighted by atomic mass is 10.1. The molecule has 1 aromatic heterocycles. The number of hydrogen-bond acceptors (Lipinski definition) is 6. The maximum atomic E-state index is 13.4. The van der Waals surface area contributed by atoms with Crippen LogP contribution >= 0.6 is 23.4 Å². The van der Waals surface area contributed by atoms with E-state index in [1.807, 2.05) is 24.3 Å². The molecule has 39 heavy (non-hydrogen) atoms. The van der Waals surface area contributed by atoms with Crippen LogP contribution < -0.4 is 14.8 Å². The van der Waals surface area contributed by atoms with Gasteiger partial charge < -0.3 is 19.4 Å². The molecular formula is C28H19ClFN3O5S. The lowest BCUT2D eigenvalue weighted by molar-refractivity contribution is -0.123. The molecule has 1 fully saturated rings. The normalized spacial score (nSPS) is 15.5. The van der Waals surface area contributed by atoms with Crippen molar-refractivity contribution in [2.24, 2.45) is 0 Å². The topological polar surface area (TPSA) is 89.9 Å². The molecule has 0 unspecified atom stereocenters. The molecule has 3 amide bonds. The maximum Gasteiger partial charge on any atom is 0.293 e. The van der Waals surface area contributed by atoms with Crippen molar-refractivity contribution in [3.63, 3.8) is 0 Å². The zero-order valence-corrected chi connectivity index (χ0v) is 21.7. The summed E-state index contributed by atoms with van der Waals surface area (Å²) >= 11 is 6.92. The SMILES string of the molecule is O=C(Cn1cc(/C=C2\SC(=O)N(Cc3ccc(F)cc3Cl)C2=O)c2ccccc21)Nc1ccc2c(c1)OCO2. The van der Waals surface area contributed by atoms with Gasteiger partial charge in [0.1, 0.15) is 12.4 Å². The minimum atomic E-state index is -0.501. The molecule has 1 N–H and O–H groups in total. The van der Waals surface area contributed by atoms with Gasteiger partial charge in [0.05, 0.1) is 11.4 Å². The Labute approximate surface area is 230 Å². The van der Waals surface area contributed by atoms with Gasteiger partial charge in [0.25, 0.3) is 11.1 Å². The number of nitrogens with one attached hydrogen (secondary N) is 1. The molecular weight excluding hydrogens is 545 g/mol. The number of imide groups is 1. The average molecular weight is 564 g/mol. The van der Waals surface area contributed by atoms with Crippen molar-refractivity contribution in [3.8, 4) is 11.5 Å². The van der Waals surface area contributed by atoms with Gasteiger partial charge in [-0.25, -0.2) is 4.39 Å². The lowest BCUT2D eigenvalue weighted by Gasteiger charge is -2.13. The third-order valence-corrected chi connectivity index (χ3v) is 7.55. The van der Waals surface area contributed by atoms with Crippen LogP contribution in [0.25, 0.3) is 17.0 Å². The fraction of sp³-hybridized carbons (Fsp3) is 0.107. The number of aromatic nitrogens is 1. The van der Waals surface area contributed by atoms with Crippen molar-refractivity contribution in [1.82, 2.24) is 9.47 Å². The number of thioether (sulfide) groups is 1. The van der Waals surface area contributed by atoms with Crippen LogP contribution in [-0.2, 0) is 22.7 Å². The number of fused-ring (bicyclic) bond motifs is 2. The number of nitrogens with zero attached hydrogens (tertiary/aromatic N) is 2. The molecule has 0 atom stereocenters. The minimum Gasteiger partial charge on any atom is -0.454 e. The van der Waals surface area contributed by atoms with E-state index in [4.69, 9.17) is 21.1 Å². The summed E-state index contributed by atoms with van der Waals surface area (Å²) in [7, 11) is 0. The number of carbonyl (C=O) groups excluding carboxylic acids is 3. The molecule has 3 heterocycles. The number of benzene rings is 3. The first-order valence-electron chi connectivity index (χ1n) is 11.8. The van der Waals surface area contributed by atoms with E-state index in [1.54, 1.807) is 35.0 Å². The van der Waals surface area contributed by atoms with E-state index in [0.717, 1.165) is 33.6 Å². The molecule has 0 radical (unpaired) electrons. The Hall–Kier alpha value is -4.28. The average Bonchev–Trinajstić information content (AvgIpc) is 3.58. The van der Waals surface area contributed by atoms with Gasteiger partial charge in [-0.1, -0.05) is 35.9 Å².